The van der Waals surface area contributed by atoms with Crippen molar-refractivity contribution in [1.29, 1.82) is 0 Å². The van der Waals surface area contributed by atoms with Crippen LogP contribution in [0.2, 0.25) is 0 Å². The van der Waals surface area contributed by atoms with E-state index in [-0.39, 0.29) is 0 Å². The zero-order valence-electron chi connectivity index (χ0n) is 13.0. The number of aromatic nitrogens is 2. The van der Waals surface area contributed by atoms with Gasteiger partial charge in [0.2, 0.25) is 0 Å². The van der Waals surface area contributed by atoms with Crippen LogP contribution in [0.15, 0.2) is 0 Å². The van der Waals surface area contributed by atoms with Gasteiger partial charge in [-0.2, -0.15) is 0 Å². The van der Waals surface area contributed by atoms with Crippen LogP contribution in [0.1, 0.15) is 42.1 Å². The van der Waals surface area contributed by atoms with Crippen LogP contribution in [-0.4, -0.2) is 49.7 Å². The lowest BCUT2D eigenvalue weighted by Gasteiger charge is -2.21. The lowest BCUT2D eigenvalue weighted by molar-refractivity contribution is 0.0115. The number of rotatable bonds is 10. The van der Waals surface area contributed by atoms with E-state index in [1.807, 2.05) is 0 Å². The summed E-state index contributed by atoms with van der Waals surface area (Å²) in [4.78, 5) is 0. The molecule has 2 rings (SSSR count). The van der Waals surface area contributed by atoms with Crippen LogP contribution in [0.4, 0.5) is 0 Å². The molecule has 0 spiro atoms. The highest BCUT2D eigenvalue weighted by Gasteiger charge is 2.14. The van der Waals surface area contributed by atoms with E-state index in [4.69, 9.17) is 9.47 Å². The fraction of sp³-hybridized carbons (Fsp3) is 0.867. The molecule has 6 heteroatoms. The normalized spacial score (nSPS) is 19.0. The predicted molar refractivity (Wildman–Crippen MR) is 84.9 cm³/mol. The van der Waals surface area contributed by atoms with Crippen LogP contribution < -0.4 is 5.32 Å². The van der Waals surface area contributed by atoms with Gasteiger partial charge in [-0.05, 0) is 38.6 Å². The number of methoxy groups -OCH3 is 1. The second-order valence-corrected chi connectivity index (χ2v) is 6.61. The van der Waals surface area contributed by atoms with E-state index in [0.717, 1.165) is 62.0 Å². The Labute approximate surface area is 131 Å². The molecule has 1 fully saturated rings. The fourth-order valence-electron chi connectivity index (χ4n) is 2.47. The van der Waals surface area contributed by atoms with Gasteiger partial charge in [-0.1, -0.05) is 0 Å². The highest BCUT2D eigenvalue weighted by molar-refractivity contribution is 7.11. The van der Waals surface area contributed by atoms with Gasteiger partial charge in [0.1, 0.15) is 10.0 Å². The lowest BCUT2D eigenvalue weighted by atomic mass is 10.1. The summed E-state index contributed by atoms with van der Waals surface area (Å²) in [5.41, 5.74) is 0. The van der Waals surface area contributed by atoms with E-state index in [2.05, 4.69) is 15.5 Å². The van der Waals surface area contributed by atoms with Gasteiger partial charge in [0.25, 0.3) is 0 Å². The van der Waals surface area contributed by atoms with Crippen LogP contribution in [0.25, 0.3) is 0 Å². The van der Waals surface area contributed by atoms with E-state index in [1.54, 1.807) is 18.4 Å². The highest BCUT2D eigenvalue weighted by Crippen LogP contribution is 2.19. The van der Waals surface area contributed by atoms with Gasteiger partial charge in [0, 0.05) is 33.1 Å². The molecular weight excluding hydrogens is 286 g/mol. The first-order valence-corrected chi connectivity index (χ1v) is 8.82. The van der Waals surface area contributed by atoms with Gasteiger partial charge in [-0.3, -0.25) is 0 Å². The molecule has 0 aromatic carbocycles. The molecule has 0 saturated carbocycles. The van der Waals surface area contributed by atoms with Crippen molar-refractivity contribution < 1.29 is 9.47 Å². The second-order valence-electron chi connectivity index (χ2n) is 5.46. The van der Waals surface area contributed by atoms with Crippen molar-refractivity contribution in [3.63, 3.8) is 0 Å². The summed E-state index contributed by atoms with van der Waals surface area (Å²) in [6.45, 7) is 3.63. The summed E-state index contributed by atoms with van der Waals surface area (Å²) in [5.74, 6) is 0. The Morgan fingerprint density at radius 2 is 2.10 bits per heavy atom. The van der Waals surface area contributed by atoms with Gasteiger partial charge in [0.15, 0.2) is 0 Å². The monoisotopic (exact) mass is 313 g/mol. The zero-order chi connectivity index (χ0) is 14.8. The van der Waals surface area contributed by atoms with Gasteiger partial charge in [-0.15, -0.1) is 21.5 Å². The molecule has 5 nitrogen and oxygen atoms in total. The summed E-state index contributed by atoms with van der Waals surface area (Å²) < 4.78 is 10.7. The van der Waals surface area contributed by atoms with E-state index >= 15 is 0 Å². The Morgan fingerprint density at radius 1 is 1.24 bits per heavy atom. The van der Waals surface area contributed by atoms with E-state index < -0.39 is 0 Å². The van der Waals surface area contributed by atoms with E-state index in [0.29, 0.717) is 6.10 Å². The Hall–Kier alpha value is -0.560. The van der Waals surface area contributed by atoms with Crippen molar-refractivity contribution in [3.05, 3.63) is 10.0 Å². The van der Waals surface area contributed by atoms with Crippen LogP contribution in [-0.2, 0) is 22.3 Å². The van der Waals surface area contributed by atoms with Gasteiger partial charge < -0.3 is 14.8 Å². The molecule has 1 saturated heterocycles. The van der Waals surface area contributed by atoms with Crippen molar-refractivity contribution in [2.24, 2.45) is 0 Å². The molecule has 1 unspecified atom stereocenters. The molecule has 0 bridgehead atoms. The Balaban J connectivity index is 1.57. The average molecular weight is 313 g/mol. The minimum atomic E-state index is 0.441. The van der Waals surface area contributed by atoms with Gasteiger partial charge in [0.05, 0.1) is 12.7 Å². The first kappa shape index (κ1) is 16.8. The van der Waals surface area contributed by atoms with Crippen LogP contribution in [0, 0.1) is 0 Å². The highest BCUT2D eigenvalue weighted by atomic mass is 32.1. The molecule has 0 radical (unpaired) electrons. The van der Waals surface area contributed by atoms with Crippen molar-refractivity contribution in [2.45, 2.75) is 51.0 Å². The average Bonchev–Trinajstić information content (AvgIpc) is 2.98. The number of hydrogen-bond donors (Lipinski definition) is 1. The summed E-state index contributed by atoms with van der Waals surface area (Å²) in [6.07, 6.45) is 8.39. The number of hydrogen-bond acceptors (Lipinski definition) is 6. The second kappa shape index (κ2) is 10.2. The van der Waals surface area contributed by atoms with E-state index in [9.17, 15) is 0 Å². The fourth-order valence-corrected chi connectivity index (χ4v) is 3.38. The number of ether oxygens (including phenoxy) is 2. The molecule has 1 N–H and O–H groups in total. The first-order valence-electron chi connectivity index (χ1n) is 8.01. The maximum Gasteiger partial charge on any atom is 0.117 e. The predicted octanol–water partition coefficient (Wildman–Crippen LogP) is 2.21. The molecule has 1 aromatic heterocycles. The maximum absolute atomic E-state index is 5.76. The summed E-state index contributed by atoms with van der Waals surface area (Å²) in [5, 5.41) is 14.3. The Bertz CT molecular complexity index is 381. The molecule has 1 atom stereocenters. The molecule has 1 aliphatic heterocycles. The summed E-state index contributed by atoms with van der Waals surface area (Å²) >= 11 is 1.76. The topological polar surface area (TPSA) is 56.3 Å². The van der Waals surface area contributed by atoms with Crippen molar-refractivity contribution >= 4 is 11.3 Å². The zero-order valence-corrected chi connectivity index (χ0v) is 13.8. The van der Waals surface area contributed by atoms with Gasteiger partial charge >= 0.3 is 0 Å². The third-order valence-electron chi connectivity index (χ3n) is 3.69. The molecule has 1 aromatic rings. The summed E-state index contributed by atoms with van der Waals surface area (Å²) in [7, 11) is 1.73. The van der Waals surface area contributed by atoms with Crippen molar-refractivity contribution in [3.8, 4) is 0 Å². The SMILES string of the molecule is COCCNCCCc1nnc(CCC2CCCCO2)s1. The van der Waals surface area contributed by atoms with Gasteiger partial charge in [-0.25, -0.2) is 0 Å². The molecule has 21 heavy (non-hydrogen) atoms. The molecular formula is C15H27N3O2S. The Morgan fingerprint density at radius 3 is 2.86 bits per heavy atom. The number of nitrogens with zero attached hydrogens (tertiary/aromatic N) is 2. The maximum atomic E-state index is 5.76. The molecule has 1 aliphatic rings. The third kappa shape index (κ3) is 6.82. The van der Waals surface area contributed by atoms with E-state index in [1.165, 1.54) is 19.3 Å². The molecule has 120 valence electrons. The molecule has 0 aliphatic carbocycles. The minimum Gasteiger partial charge on any atom is -0.383 e. The number of aryl methyl sites for hydroxylation is 2. The smallest absolute Gasteiger partial charge is 0.117 e. The standard InChI is InChI=1S/C15H27N3O2S/c1-19-12-10-16-9-4-6-14-17-18-15(21-14)8-7-13-5-2-3-11-20-13/h13,16H,2-12H2,1H3. The largest absolute Gasteiger partial charge is 0.383 e. The quantitative estimate of drug-likeness (QED) is 0.671. The Kier molecular flexibility index (Phi) is 8.17. The van der Waals surface area contributed by atoms with Crippen LogP contribution >= 0.6 is 11.3 Å². The van der Waals surface area contributed by atoms with Crippen LogP contribution in [0.3, 0.4) is 0 Å². The van der Waals surface area contributed by atoms with Crippen LogP contribution in [0.5, 0.6) is 0 Å². The molecule has 2 heterocycles. The minimum absolute atomic E-state index is 0.441. The summed E-state index contributed by atoms with van der Waals surface area (Å²) in [6, 6.07) is 0. The van der Waals surface area contributed by atoms with Crippen molar-refractivity contribution in [1.82, 2.24) is 15.5 Å². The molecule has 0 amide bonds. The van der Waals surface area contributed by atoms with Crippen molar-refractivity contribution in [2.75, 3.05) is 33.4 Å². The first-order chi connectivity index (χ1) is 10.4. The number of nitrogens with one attached hydrogen (secondary N) is 1. The lowest BCUT2D eigenvalue weighted by Crippen LogP contribution is -2.20. The third-order valence-corrected chi connectivity index (χ3v) is 4.73.